The number of allylic oxidation sites excluding steroid dienone is 1. The quantitative estimate of drug-likeness (QED) is 0.591. The first-order valence-corrected chi connectivity index (χ1v) is 11.4. The van der Waals surface area contributed by atoms with E-state index in [2.05, 4.69) is 40.7 Å². The topological polar surface area (TPSA) is 30.7 Å². The van der Waals surface area contributed by atoms with Gasteiger partial charge in [0.25, 0.3) is 0 Å². The Balaban J connectivity index is 1.54. The van der Waals surface area contributed by atoms with Crippen molar-refractivity contribution in [2.75, 3.05) is 19.6 Å². The SMILES string of the molecule is C[C@H]1CC[NH+](C[C@@H]2C(=O)O[C@H]3C[C@]4(C)CCC[C@@H](C)C4=C[C@@H]32)CC(C)(C)C1. The zero-order chi connectivity index (χ0) is 19.4. The van der Waals surface area contributed by atoms with Crippen LogP contribution >= 0.6 is 0 Å². The summed E-state index contributed by atoms with van der Waals surface area (Å²) in [4.78, 5) is 14.5. The van der Waals surface area contributed by atoms with E-state index in [1.165, 1.54) is 45.2 Å². The van der Waals surface area contributed by atoms with Gasteiger partial charge in [-0.15, -0.1) is 0 Å². The van der Waals surface area contributed by atoms with Crippen LogP contribution in [0.3, 0.4) is 0 Å². The minimum absolute atomic E-state index is 0.0698. The lowest BCUT2D eigenvalue weighted by molar-refractivity contribution is -0.907. The summed E-state index contributed by atoms with van der Waals surface area (Å²) in [6.07, 6.45) is 10.2. The van der Waals surface area contributed by atoms with Gasteiger partial charge in [0.15, 0.2) is 0 Å². The number of fused-ring (bicyclic) bond motifs is 2. The van der Waals surface area contributed by atoms with Gasteiger partial charge < -0.3 is 9.64 Å². The number of hydrogen-bond acceptors (Lipinski definition) is 2. The highest BCUT2D eigenvalue weighted by Gasteiger charge is 2.53. The Labute approximate surface area is 165 Å². The van der Waals surface area contributed by atoms with Crippen molar-refractivity contribution in [3.63, 3.8) is 0 Å². The molecule has 27 heavy (non-hydrogen) atoms. The molecule has 3 heteroatoms. The van der Waals surface area contributed by atoms with E-state index in [0.29, 0.717) is 17.3 Å². The van der Waals surface area contributed by atoms with Crippen LogP contribution in [-0.2, 0) is 9.53 Å². The van der Waals surface area contributed by atoms with Crippen LogP contribution in [0.2, 0.25) is 0 Å². The average molecular weight is 375 g/mol. The molecule has 1 N–H and O–H groups in total. The Bertz CT molecular complexity index is 624. The van der Waals surface area contributed by atoms with Crippen LogP contribution < -0.4 is 4.90 Å². The zero-order valence-electron chi connectivity index (χ0n) is 18.1. The van der Waals surface area contributed by atoms with Crippen molar-refractivity contribution in [2.24, 2.45) is 34.5 Å². The highest BCUT2D eigenvalue weighted by Crippen LogP contribution is 2.53. The molecule has 3 nitrogen and oxygen atoms in total. The summed E-state index contributed by atoms with van der Waals surface area (Å²) in [5.41, 5.74) is 2.27. The van der Waals surface area contributed by atoms with Gasteiger partial charge in [0.05, 0.1) is 19.6 Å². The molecular weight excluding hydrogens is 334 g/mol. The number of rotatable bonds is 2. The van der Waals surface area contributed by atoms with Crippen LogP contribution in [0.25, 0.3) is 0 Å². The molecule has 2 saturated heterocycles. The first-order valence-electron chi connectivity index (χ1n) is 11.4. The summed E-state index contributed by atoms with van der Waals surface area (Å²) in [7, 11) is 0. The molecule has 3 fully saturated rings. The lowest BCUT2D eigenvalue weighted by Crippen LogP contribution is -3.13. The Morgan fingerprint density at radius 2 is 1.96 bits per heavy atom. The molecule has 1 unspecified atom stereocenters. The largest absolute Gasteiger partial charge is 0.461 e. The smallest absolute Gasteiger partial charge is 0.315 e. The molecule has 0 bridgehead atoms. The standard InChI is InChI=1S/C24H39NO2/c1-16-8-10-25(15-23(3,4)12-16)14-19-18-11-20-17(2)7-6-9-24(20,5)13-21(18)27-22(19)26/h11,16-19,21H,6-10,12-15H2,1-5H3/p+1/t16-,17+,18+,19-,21-,24-/m0/s1. The monoisotopic (exact) mass is 374 g/mol. The lowest BCUT2D eigenvalue weighted by Gasteiger charge is -2.46. The molecule has 2 heterocycles. The average Bonchev–Trinajstić information content (AvgIpc) is 2.76. The molecule has 0 aromatic carbocycles. The Hall–Kier alpha value is -0.830. The second-order valence-corrected chi connectivity index (χ2v) is 11.5. The molecule has 2 aliphatic carbocycles. The van der Waals surface area contributed by atoms with Crippen LogP contribution in [0.4, 0.5) is 0 Å². The van der Waals surface area contributed by atoms with Gasteiger partial charge in [-0.1, -0.05) is 52.7 Å². The van der Waals surface area contributed by atoms with E-state index in [1.807, 2.05) is 0 Å². The molecular formula is C24H40NO2+. The molecule has 2 aliphatic heterocycles. The highest BCUT2D eigenvalue weighted by molar-refractivity contribution is 5.76. The van der Waals surface area contributed by atoms with Crippen LogP contribution in [0, 0.1) is 34.5 Å². The summed E-state index contributed by atoms with van der Waals surface area (Å²) in [6.45, 7) is 15.4. The Kier molecular flexibility index (Phi) is 4.98. The number of likely N-dealkylation sites (tertiary alicyclic amines) is 1. The number of esters is 1. The van der Waals surface area contributed by atoms with Crippen molar-refractivity contribution in [3.8, 4) is 0 Å². The molecule has 0 amide bonds. The number of quaternary nitrogens is 1. The first kappa shape index (κ1) is 19.5. The van der Waals surface area contributed by atoms with E-state index in [-0.39, 0.29) is 23.4 Å². The number of ether oxygens (including phenoxy) is 1. The number of hydrogen-bond donors (Lipinski definition) is 1. The maximum Gasteiger partial charge on any atom is 0.315 e. The molecule has 152 valence electrons. The zero-order valence-corrected chi connectivity index (χ0v) is 18.1. The highest BCUT2D eigenvalue weighted by atomic mass is 16.6. The van der Waals surface area contributed by atoms with Crippen LogP contribution in [0.5, 0.6) is 0 Å². The van der Waals surface area contributed by atoms with Crippen molar-refractivity contribution in [1.29, 1.82) is 0 Å². The van der Waals surface area contributed by atoms with E-state index in [4.69, 9.17) is 4.74 Å². The third-order valence-electron chi connectivity index (χ3n) is 8.21. The van der Waals surface area contributed by atoms with Crippen molar-refractivity contribution >= 4 is 5.97 Å². The maximum atomic E-state index is 12.9. The Morgan fingerprint density at radius 3 is 2.74 bits per heavy atom. The van der Waals surface area contributed by atoms with Gasteiger partial charge in [-0.3, -0.25) is 4.79 Å². The Morgan fingerprint density at radius 1 is 1.19 bits per heavy atom. The minimum atomic E-state index is 0.0698. The van der Waals surface area contributed by atoms with E-state index in [1.54, 1.807) is 10.5 Å². The van der Waals surface area contributed by atoms with Gasteiger partial charge in [0.2, 0.25) is 0 Å². The third kappa shape index (κ3) is 3.73. The third-order valence-corrected chi connectivity index (χ3v) is 8.21. The lowest BCUT2D eigenvalue weighted by atomic mass is 9.59. The molecule has 4 rings (SSSR count). The molecule has 0 aromatic rings. The van der Waals surface area contributed by atoms with Crippen LogP contribution in [0.1, 0.15) is 73.1 Å². The van der Waals surface area contributed by atoms with Crippen molar-refractivity contribution in [3.05, 3.63) is 11.6 Å². The summed E-state index contributed by atoms with van der Waals surface area (Å²) in [6, 6.07) is 0. The molecule has 0 spiro atoms. The van der Waals surface area contributed by atoms with Gasteiger partial charge in [0.1, 0.15) is 12.0 Å². The van der Waals surface area contributed by atoms with E-state index in [0.717, 1.165) is 18.9 Å². The molecule has 0 radical (unpaired) electrons. The van der Waals surface area contributed by atoms with Gasteiger partial charge in [-0.2, -0.15) is 0 Å². The number of nitrogens with one attached hydrogen (secondary N) is 1. The summed E-state index contributed by atoms with van der Waals surface area (Å²) < 4.78 is 5.98. The van der Waals surface area contributed by atoms with E-state index >= 15 is 0 Å². The van der Waals surface area contributed by atoms with E-state index in [9.17, 15) is 4.79 Å². The predicted octanol–water partition coefficient (Wildman–Crippen LogP) is 3.64. The number of carbonyl (C=O) groups is 1. The van der Waals surface area contributed by atoms with Crippen molar-refractivity contribution < 1.29 is 14.4 Å². The fourth-order valence-electron chi connectivity index (χ4n) is 7.10. The summed E-state index contributed by atoms with van der Waals surface area (Å²) in [5.74, 6) is 1.94. The summed E-state index contributed by atoms with van der Waals surface area (Å²) >= 11 is 0. The molecule has 4 aliphatic rings. The van der Waals surface area contributed by atoms with Crippen LogP contribution in [-0.4, -0.2) is 31.7 Å². The predicted molar refractivity (Wildman–Crippen MR) is 108 cm³/mol. The molecule has 7 atom stereocenters. The minimum Gasteiger partial charge on any atom is -0.461 e. The maximum absolute atomic E-state index is 12.9. The van der Waals surface area contributed by atoms with Crippen molar-refractivity contribution in [1.82, 2.24) is 0 Å². The summed E-state index contributed by atoms with van der Waals surface area (Å²) in [5, 5.41) is 0. The molecule has 1 saturated carbocycles. The van der Waals surface area contributed by atoms with Crippen LogP contribution in [0.15, 0.2) is 11.6 Å². The van der Waals surface area contributed by atoms with Gasteiger partial charge in [0, 0.05) is 11.3 Å². The molecule has 0 aromatic heterocycles. The van der Waals surface area contributed by atoms with Gasteiger partial charge >= 0.3 is 5.97 Å². The fraction of sp³-hybridized carbons (Fsp3) is 0.875. The van der Waals surface area contributed by atoms with E-state index < -0.39 is 0 Å². The van der Waals surface area contributed by atoms with Gasteiger partial charge in [-0.25, -0.2) is 0 Å². The normalized spacial score (nSPS) is 46.7. The van der Waals surface area contributed by atoms with Gasteiger partial charge in [-0.05, 0) is 49.4 Å². The second kappa shape index (κ2) is 6.90. The number of carbonyl (C=O) groups excluding carboxylic acids is 1. The fourth-order valence-corrected chi connectivity index (χ4v) is 7.10. The second-order valence-electron chi connectivity index (χ2n) is 11.5. The first-order chi connectivity index (χ1) is 12.7. The van der Waals surface area contributed by atoms with Crippen molar-refractivity contribution in [2.45, 2.75) is 79.2 Å².